The summed E-state index contributed by atoms with van der Waals surface area (Å²) in [6.45, 7) is 8.87. The lowest BCUT2D eigenvalue weighted by Crippen LogP contribution is -2.64. The van der Waals surface area contributed by atoms with E-state index < -0.39 is 58.5 Å². The molecule has 2 saturated heterocycles. The van der Waals surface area contributed by atoms with Crippen LogP contribution in [0.4, 0.5) is 4.79 Å². The first-order valence-corrected chi connectivity index (χ1v) is 16.2. The number of aryl methyl sites for hydroxylation is 2. The molecule has 2 heterocycles. The molecule has 5 rings (SSSR count). The molecule has 6 unspecified atom stereocenters. The number of urea groups is 1. The van der Waals surface area contributed by atoms with Crippen LogP contribution in [0.5, 0.6) is 5.75 Å². The molecule has 3 fully saturated rings. The van der Waals surface area contributed by atoms with Crippen molar-refractivity contribution in [1.29, 1.82) is 0 Å². The van der Waals surface area contributed by atoms with E-state index in [9.17, 15) is 24.0 Å². The highest BCUT2D eigenvalue weighted by atomic mass is 35.5. The first-order valence-electron chi connectivity index (χ1n) is 15.7. The number of carbonyl (C=O) groups excluding carboxylic acids is 5. The number of hydrogen-bond donors (Lipinski definition) is 2. The van der Waals surface area contributed by atoms with Gasteiger partial charge in [0.05, 0.1) is 11.9 Å². The average Bonchev–Trinajstić information content (AvgIpc) is 3.36. The Labute approximate surface area is 273 Å². The number of nitrogens with zero attached hydrogens (tertiary/aromatic N) is 2. The van der Waals surface area contributed by atoms with Crippen molar-refractivity contribution in [1.82, 2.24) is 20.4 Å². The van der Waals surface area contributed by atoms with Crippen molar-refractivity contribution < 1.29 is 33.4 Å². The maximum Gasteiger partial charge on any atom is 0.330 e. The molecule has 1 aliphatic carbocycles. The van der Waals surface area contributed by atoms with Crippen molar-refractivity contribution in [2.24, 2.45) is 0 Å². The van der Waals surface area contributed by atoms with E-state index in [-0.39, 0.29) is 25.5 Å². The summed E-state index contributed by atoms with van der Waals surface area (Å²) in [4.78, 5) is 71.2. The van der Waals surface area contributed by atoms with Gasteiger partial charge in [-0.25, -0.2) is 9.69 Å². The van der Waals surface area contributed by atoms with E-state index in [2.05, 4.69) is 10.6 Å². The van der Waals surface area contributed by atoms with E-state index in [4.69, 9.17) is 21.1 Å². The number of rotatable bonds is 10. The summed E-state index contributed by atoms with van der Waals surface area (Å²) in [6.07, 6.45) is -0.932. The molecule has 46 heavy (non-hydrogen) atoms. The van der Waals surface area contributed by atoms with Gasteiger partial charge >= 0.3 is 6.03 Å². The Morgan fingerprint density at radius 3 is 2.46 bits per heavy atom. The Morgan fingerprint density at radius 1 is 1.09 bits per heavy atom. The Morgan fingerprint density at radius 2 is 1.80 bits per heavy atom. The fraction of sp³-hybridized carbons (Fsp3) is 0.500. The first kappa shape index (κ1) is 33.4. The molecular formula is C34H41ClN4O7. The molecule has 1 saturated carbocycles. The number of amides is 5. The van der Waals surface area contributed by atoms with Crippen LogP contribution in [0.1, 0.15) is 63.1 Å². The number of halogens is 1. The fourth-order valence-corrected chi connectivity index (χ4v) is 7.12. The highest BCUT2D eigenvalue weighted by Crippen LogP contribution is 2.44. The summed E-state index contributed by atoms with van der Waals surface area (Å²) in [5, 5.41) is 4.95. The van der Waals surface area contributed by atoms with Gasteiger partial charge in [-0.2, -0.15) is 0 Å². The Hall–Kier alpha value is -3.96. The Bertz CT molecular complexity index is 1540. The predicted octanol–water partition coefficient (Wildman–Crippen LogP) is 3.76. The van der Waals surface area contributed by atoms with Gasteiger partial charge in [0.2, 0.25) is 6.23 Å². The van der Waals surface area contributed by atoms with Crippen LogP contribution in [0, 0.1) is 13.8 Å². The predicted molar refractivity (Wildman–Crippen MR) is 170 cm³/mol. The third-order valence-electron chi connectivity index (χ3n) is 9.23. The molecule has 11 nitrogen and oxygen atoms in total. The smallest absolute Gasteiger partial charge is 0.330 e. The van der Waals surface area contributed by atoms with Crippen LogP contribution in [0.25, 0.3) is 0 Å². The third-order valence-corrected chi connectivity index (χ3v) is 9.82. The quantitative estimate of drug-likeness (QED) is 0.227. The van der Waals surface area contributed by atoms with Gasteiger partial charge < -0.3 is 20.1 Å². The molecule has 0 aromatic heterocycles. The number of benzene rings is 2. The van der Waals surface area contributed by atoms with Crippen molar-refractivity contribution in [3.8, 4) is 5.75 Å². The minimum Gasteiger partial charge on any atom is -0.480 e. The minimum atomic E-state index is -2.17. The van der Waals surface area contributed by atoms with Crippen molar-refractivity contribution in [2.45, 2.75) is 102 Å². The molecule has 6 atom stereocenters. The standard InChI is InChI=1S/C34H41ClN4O7/c1-6-24(46-25-15-13-20(3)17-21(25)4)27(40)36-23-14-16-26(35)34(18-23)30(42)33(5,31(43)37-34)39-28(41)29(45-7-2)38(32(39)44)19-22-11-9-8-10-12-22/h8-13,15,17,23-24,26,29H,6-7,14,16,18-19H2,1-5H3,(H,36,40)(H,37,43). The van der Waals surface area contributed by atoms with Gasteiger partial charge in [-0.3, -0.25) is 24.1 Å². The van der Waals surface area contributed by atoms with Gasteiger partial charge in [-0.15, -0.1) is 11.6 Å². The van der Waals surface area contributed by atoms with Gasteiger partial charge in [0, 0.05) is 12.6 Å². The second-order valence-electron chi connectivity index (χ2n) is 12.4. The number of hydrogen-bond acceptors (Lipinski definition) is 7. The normalized spacial score (nSPS) is 28.5. The first-order chi connectivity index (χ1) is 21.9. The lowest BCUT2D eigenvalue weighted by molar-refractivity contribution is -0.151. The molecule has 2 aromatic carbocycles. The molecule has 0 radical (unpaired) electrons. The van der Waals surface area contributed by atoms with E-state index in [1.165, 1.54) is 11.8 Å². The van der Waals surface area contributed by atoms with E-state index in [1.807, 2.05) is 45.0 Å². The number of ketones is 1. The number of nitrogens with one attached hydrogen (secondary N) is 2. The minimum absolute atomic E-state index is 0.00803. The van der Waals surface area contributed by atoms with Crippen molar-refractivity contribution in [2.75, 3.05) is 6.61 Å². The monoisotopic (exact) mass is 652 g/mol. The molecule has 12 heteroatoms. The van der Waals surface area contributed by atoms with Crippen molar-refractivity contribution in [3.05, 3.63) is 65.2 Å². The number of carbonyl (C=O) groups is 5. The van der Waals surface area contributed by atoms with Gasteiger partial charge in [0.1, 0.15) is 11.3 Å². The molecule has 1 spiro atoms. The zero-order chi connectivity index (χ0) is 33.4. The molecular weight excluding hydrogens is 612 g/mol. The van der Waals surface area contributed by atoms with E-state index in [0.29, 0.717) is 25.0 Å². The Balaban J connectivity index is 1.37. The molecule has 3 aliphatic rings. The fourth-order valence-electron chi connectivity index (χ4n) is 6.75. The van der Waals surface area contributed by atoms with Crippen LogP contribution < -0.4 is 15.4 Å². The highest BCUT2D eigenvalue weighted by Gasteiger charge is 2.70. The van der Waals surface area contributed by atoms with E-state index in [1.54, 1.807) is 31.2 Å². The zero-order valence-electron chi connectivity index (χ0n) is 26.8. The zero-order valence-corrected chi connectivity index (χ0v) is 27.6. The molecule has 0 bridgehead atoms. The van der Waals surface area contributed by atoms with Crippen LogP contribution in [0.15, 0.2) is 48.5 Å². The summed E-state index contributed by atoms with van der Waals surface area (Å²) in [7, 11) is 0. The summed E-state index contributed by atoms with van der Waals surface area (Å²) >= 11 is 6.79. The van der Waals surface area contributed by atoms with Crippen LogP contribution in [0.3, 0.4) is 0 Å². The molecule has 2 aromatic rings. The molecule has 5 amide bonds. The highest BCUT2D eigenvalue weighted by molar-refractivity contribution is 6.31. The number of Topliss-reactive ketones (excluding diaryl/α,β-unsaturated/α-hetero) is 1. The van der Waals surface area contributed by atoms with Crippen LogP contribution in [0.2, 0.25) is 0 Å². The third kappa shape index (κ3) is 5.75. The van der Waals surface area contributed by atoms with Crippen molar-refractivity contribution >= 4 is 41.1 Å². The topological polar surface area (TPSA) is 134 Å². The summed E-state index contributed by atoms with van der Waals surface area (Å²) in [6, 6.07) is 13.4. The summed E-state index contributed by atoms with van der Waals surface area (Å²) in [5.41, 5.74) is -1.06. The van der Waals surface area contributed by atoms with Crippen LogP contribution >= 0.6 is 11.6 Å². The maximum atomic E-state index is 14.4. The second-order valence-corrected chi connectivity index (χ2v) is 13.0. The molecule has 246 valence electrons. The van der Waals surface area contributed by atoms with Gasteiger partial charge in [-0.05, 0) is 70.6 Å². The van der Waals surface area contributed by atoms with Gasteiger partial charge in [0.25, 0.3) is 17.7 Å². The number of imide groups is 1. The maximum absolute atomic E-state index is 14.4. The van der Waals surface area contributed by atoms with E-state index in [0.717, 1.165) is 21.6 Å². The number of alkyl halides is 1. The van der Waals surface area contributed by atoms with Crippen LogP contribution in [-0.4, -0.2) is 80.8 Å². The SMILES string of the molecule is CCOC1C(=O)N(C2(C)C(=O)NC3(CC(NC(=O)C(CC)Oc4ccc(C)cc4C)CCC3Cl)C2=O)C(=O)N1Cc1ccccc1. The lowest BCUT2D eigenvalue weighted by atomic mass is 9.73. The van der Waals surface area contributed by atoms with Gasteiger partial charge in [0.15, 0.2) is 17.4 Å². The Kier molecular flexibility index (Phi) is 9.47. The van der Waals surface area contributed by atoms with E-state index >= 15 is 0 Å². The molecule has 2 N–H and O–H groups in total. The number of ether oxygens (including phenoxy) is 2. The van der Waals surface area contributed by atoms with Crippen LogP contribution in [-0.2, 0) is 30.5 Å². The summed E-state index contributed by atoms with van der Waals surface area (Å²) in [5.74, 6) is -2.04. The van der Waals surface area contributed by atoms with Crippen molar-refractivity contribution in [3.63, 3.8) is 0 Å². The second kappa shape index (κ2) is 13.0. The van der Waals surface area contributed by atoms with Gasteiger partial charge in [-0.1, -0.05) is 55.0 Å². The average molecular weight is 653 g/mol. The summed E-state index contributed by atoms with van der Waals surface area (Å²) < 4.78 is 11.7. The largest absolute Gasteiger partial charge is 0.480 e. The molecule has 2 aliphatic heterocycles. The lowest BCUT2D eigenvalue weighted by Gasteiger charge is -2.41.